The van der Waals surface area contributed by atoms with Crippen LogP contribution >= 0.6 is 0 Å². The van der Waals surface area contributed by atoms with Crippen LogP contribution < -0.4 is 37.3 Å². The maximum atomic E-state index is 13.4. The maximum absolute atomic E-state index is 13.4. The molecule has 356 valence electrons. The molecule has 0 saturated heterocycles. The Morgan fingerprint density at radius 1 is 0.910 bits per heavy atom. The third-order valence-electron chi connectivity index (χ3n) is 11.5. The summed E-state index contributed by atoms with van der Waals surface area (Å²) in [5, 5.41) is 12.1. The van der Waals surface area contributed by atoms with Gasteiger partial charge in [-0.05, 0) is 72.7 Å². The molecular weight excluding hydrogens is 867 g/mol. The molecule has 67 heavy (non-hydrogen) atoms. The number of benzene rings is 2. The molecule has 6 N–H and O–H groups in total. The number of esters is 1. The number of ether oxygens (including phenoxy) is 3. The van der Waals surface area contributed by atoms with E-state index in [4.69, 9.17) is 24.9 Å². The lowest BCUT2D eigenvalue weighted by atomic mass is 9.97. The number of primary amides is 1. The Bertz CT molecular complexity index is 2650. The lowest BCUT2D eigenvalue weighted by molar-refractivity contribution is -0.140. The third kappa shape index (κ3) is 11.6. The minimum absolute atomic E-state index is 0.0263. The van der Waals surface area contributed by atoms with Crippen LogP contribution in [0.1, 0.15) is 80.1 Å². The van der Waals surface area contributed by atoms with Crippen LogP contribution in [0, 0.1) is 5.92 Å². The van der Waals surface area contributed by atoms with E-state index in [1.54, 1.807) is 42.5 Å². The summed E-state index contributed by atoms with van der Waals surface area (Å²) in [5.41, 5.74) is 9.25. The first kappa shape index (κ1) is 49.1. The quantitative estimate of drug-likeness (QED) is 0.0476. The second-order valence-corrected chi connectivity index (χ2v) is 17.2. The zero-order valence-electron chi connectivity index (χ0n) is 38.6. The number of aromatic nitrogens is 2. The molecule has 0 bridgehead atoms. The lowest BCUT2D eigenvalue weighted by Gasteiger charge is -2.27. The first-order valence-corrected chi connectivity index (χ1v) is 22.1. The number of rotatable bonds is 18. The van der Waals surface area contributed by atoms with Crippen molar-refractivity contribution < 1.29 is 47.8 Å². The molecule has 0 spiro atoms. The number of ketones is 1. The summed E-state index contributed by atoms with van der Waals surface area (Å²) < 4.78 is 17.6. The van der Waals surface area contributed by atoms with Crippen molar-refractivity contribution in [2.45, 2.75) is 91.8 Å². The van der Waals surface area contributed by atoms with Crippen LogP contribution in [-0.4, -0.2) is 113 Å². The number of hydrogen-bond donors (Lipinski definition) is 5. The SMILES string of the molecule is CCc1c2c(nc3ccc(OC(=O)N(C)CCN(C)C(=O)OCc4ccc(NC(=O)[C@H](CCCNC(N)=O)NC(=O)[C@@H](NC(C)C)C(C)C)cc4)cc13)-c1cc3c(c(=O)n1C2)COC(=O)C3=O. The Kier molecular flexibility index (Phi) is 15.6. The highest BCUT2D eigenvalue weighted by Gasteiger charge is 2.35. The third-order valence-corrected chi connectivity index (χ3v) is 11.5. The standard InChI is InChI=1S/C47H57N9O11/c1-8-30-31-20-29(15-16-35(31)52-39-33(30)22-56-37(39)21-32-34(43(56)60)24-65-44(61)40(32)57)67-47(64)55(7)19-18-54(6)46(63)66-23-27-11-13-28(14-12-27)51-41(58)36(10-9-17-49-45(48)62)53-42(59)38(25(2)3)50-26(4)5/h11-16,20-21,25-26,36,38,50H,8-10,17-19,22-24H2,1-7H3,(H,51,58)(H,53,59)(H3,48,49,62)/t36-,38-/m0/s1. The van der Waals surface area contributed by atoms with Gasteiger partial charge in [-0.3, -0.25) is 19.2 Å². The molecule has 2 aromatic heterocycles. The summed E-state index contributed by atoms with van der Waals surface area (Å²) >= 11 is 0. The van der Waals surface area contributed by atoms with Crippen LogP contribution in [-0.2, 0) is 50.0 Å². The molecule has 0 saturated carbocycles. The number of nitrogens with two attached hydrogens (primary N) is 1. The number of carbonyl (C=O) groups excluding carboxylic acids is 7. The van der Waals surface area contributed by atoms with Gasteiger partial charge in [0.05, 0.1) is 35.1 Å². The molecule has 0 fully saturated rings. The molecule has 6 rings (SSSR count). The number of anilines is 1. The van der Waals surface area contributed by atoms with Crippen molar-refractivity contribution in [1.82, 2.24) is 35.3 Å². The van der Waals surface area contributed by atoms with Crippen LogP contribution in [0.25, 0.3) is 22.3 Å². The summed E-state index contributed by atoms with van der Waals surface area (Å²) in [7, 11) is 3.08. The molecular formula is C47H57N9O11. The Balaban J connectivity index is 0.999. The van der Waals surface area contributed by atoms with E-state index in [0.717, 1.165) is 16.5 Å². The number of carbonyl (C=O) groups is 7. The van der Waals surface area contributed by atoms with Crippen molar-refractivity contribution in [2.75, 3.05) is 39.0 Å². The molecule has 0 unspecified atom stereocenters. The van der Waals surface area contributed by atoms with E-state index in [0.29, 0.717) is 41.0 Å². The molecule has 20 heteroatoms. The van der Waals surface area contributed by atoms with Crippen molar-refractivity contribution in [3.8, 4) is 17.1 Å². The number of nitrogens with one attached hydrogen (secondary N) is 4. The monoisotopic (exact) mass is 923 g/mol. The van der Waals surface area contributed by atoms with E-state index in [2.05, 4.69) is 21.3 Å². The Morgan fingerprint density at radius 3 is 2.27 bits per heavy atom. The number of urea groups is 1. The lowest BCUT2D eigenvalue weighted by Crippen LogP contribution is -2.54. The van der Waals surface area contributed by atoms with Gasteiger partial charge in [-0.2, -0.15) is 0 Å². The number of hydrogen-bond acceptors (Lipinski definition) is 13. The fourth-order valence-electron chi connectivity index (χ4n) is 7.86. The number of likely N-dealkylation sites (N-methyl/N-ethyl adjacent to an activating group) is 2. The van der Waals surface area contributed by atoms with Gasteiger partial charge in [-0.25, -0.2) is 24.2 Å². The average molecular weight is 924 g/mol. The minimum atomic E-state index is -1.00. The summed E-state index contributed by atoms with van der Waals surface area (Å²) in [6, 6.07) is 11.2. The summed E-state index contributed by atoms with van der Waals surface area (Å²) in [6.07, 6.45) is -0.102. The van der Waals surface area contributed by atoms with Gasteiger partial charge < -0.3 is 55.6 Å². The largest absolute Gasteiger partial charge is 0.455 e. The van der Waals surface area contributed by atoms with E-state index < -0.39 is 53.5 Å². The highest BCUT2D eigenvalue weighted by atomic mass is 16.6. The van der Waals surface area contributed by atoms with Crippen LogP contribution in [0.3, 0.4) is 0 Å². The maximum Gasteiger partial charge on any atom is 0.415 e. The smallest absolute Gasteiger partial charge is 0.415 e. The van der Waals surface area contributed by atoms with Gasteiger partial charge in [-0.15, -0.1) is 0 Å². The molecule has 6 amide bonds. The molecule has 2 aromatic carbocycles. The van der Waals surface area contributed by atoms with Gasteiger partial charge in [-0.1, -0.05) is 46.8 Å². The molecule has 4 aromatic rings. The number of amides is 6. The number of aryl methyl sites for hydroxylation is 1. The van der Waals surface area contributed by atoms with Gasteiger partial charge in [0.15, 0.2) is 0 Å². The predicted molar refractivity (Wildman–Crippen MR) is 246 cm³/mol. The Labute approximate surface area is 386 Å². The summed E-state index contributed by atoms with van der Waals surface area (Å²) in [4.78, 5) is 109. The first-order valence-electron chi connectivity index (χ1n) is 22.1. The van der Waals surface area contributed by atoms with Crippen LogP contribution in [0.5, 0.6) is 5.75 Å². The number of fused-ring (bicyclic) bond motifs is 5. The van der Waals surface area contributed by atoms with Gasteiger partial charge >= 0.3 is 24.2 Å². The molecule has 0 aliphatic carbocycles. The molecule has 2 aliphatic rings. The van der Waals surface area contributed by atoms with Crippen molar-refractivity contribution in [3.63, 3.8) is 0 Å². The molecule has 4 heterocycles. The summed E-state index contributed by atoms with van der Waals surface area (Å²) in [6.45, 7) is 9.99. The average Bonchev–Trinajstić information content (AvgIpc) is 3.66. The highest BCUT2D eigenvalue weighted by molar-refractivity contribution is 6.41. The van der Waals surface area contributed by atoms with Crippen molar-refractivity contribution in [1.29, 1.82) is 0 Å². The van der Waals surface area contributed by atoms with Crippen molar-refractivity contribution in [3.05, 3.63) is 86.7 Å². The highest BCUT2D eigenvalue weighted by Crippen LogP contribution is 2.38. The number of nitrogens with zero attached hydrogens (tertiary/aromatic N) is 4. The zero-order chi connectivity index (χ0) is 48.7. The Hall–Kier alpha value is -7.35. The second-order valence-electron chi connectivity index (χ2n) is 17.2. The van der Waals surface area contributed by atoms with Gasteiger partial charge in [0.1, 0.15) is 25.0 Å². The first-order chi connectivity index (χ1) is 31.9. The molecule has 0 radical (unpaired) electrons. The number of pyridine rings is 2. The van der Waals surface area contributed by atoms with Crippen LogP contribution in [0.15, 0.2) is 53.3 Å². The molecule has 2 atom stereocenters. The second kappa shape index (κ2) is 21.3. The topological polar surface area (TPSA) is 263 Å². The fraction of sp³-hybridized carbons (Fsp3) is 0.426. The van der Waals surface area contributed by atoms with Gasteiger partial charge in [0, 0.05) is 62.0 Å². The predicted octanol–water partition coefficient (Wildman–Crippen LogP) is 3.82. The zero-order valence-corrected chi connectivity index (χ0v) is 38.6. The van der Waals surface area contributed by atoms with E-state index in [1.807, 2.05) is 34.6 Å². The summed E-state index contributed by atoms with van der Waals surface area (Å²) in [5.74, 6) is -2.40. The molecule has 2 aliphatic heterocycles. The van der Waals surface area contributed by atoms with Crippen molar-refractivity contribution >= 4 is 58.4 Å². The van der Waals surface area contributed by atoms with Gasteiger partial charge in [0.25, 0.3) is 11.3 Å². The van der Waals surface area contributed by atoms with E-state index in [1.165, 1.54) is 34.5 Å². The van der Waals surface area contributed by atoms with Crippen molar-refractivity contribution in [2.24, 2.45) is 11.7 Å². The minimum Gasteiger partial charge on any atom is -0.455 e. The van der Waals surface area contributed by atoms with E-state index in [9.17, 15) is 38.4 Å². The Morgan fingerprint density at radius 2 is 1.61 bits per heavy atom. The fourth-order valence-corrected chi connectivity index (χ4v) is 7.86. The molecule has 20 nitrogen and oxygen atoms in total. The van der Waals surface area contributed by atoms with Gasteiger partial charge in [0.2, 0.25) is 11.8 Å². The van der Waals surface area contributed by atoms with E-state index in [-0.39, 0.29) is 80.6 Å². The van der Waals surface area contributed by atoms with Crippen LogP contribution in [0.4, 0.5) is 20.1 Å². The number of cyclic esters (lactones) is 1. The van der Waals surface area contributed by atoms with E-state index >= 15 is 0 Å². The van der Waals surface area contributed by atoms with Crippen LogP contribution in [0.2, 0.25) is 0 Å². The number of Topliss-reactive ketones (excluding diaryl/α,β-unsaturated/α-hetero) is 1. The normalized spacial score (nSPS) is 13.5.